The van der Waals surface area contributed by atoms with E-state index in [1.165, 1.54) is 12.6 Å². The van der Waals surface area contributed by atoms with Gasteiger partial charge in [0.25, 0.3) is 5.91 Å². The summed E-state index contributed by atoms with van der Waals surface area (Å²) in [6.45, 7) is 3.48. The van der Waals surface area contributed by atoms with Crippen LogP contribution in [0.25, 0.3) is 0 Å². The average molecular weight is 313 g/mol. The van der Waals surface area contributed by atoms with E-state index in [1.54, 1.807) is 6.20 Å². The van der Waals surface area contributed by atoms with Crippen LogP contribution in [0.15, 0.2) is 23.0 Å². The molecule has 0 bridgehead atoms. The highest BCUT2D eigenvalue weighted by Crippen LogP contribution is 2.51. The van der Waals surface area contributed by atoms with Gasteiger partial charge in [-0.2, -0.15) is 4.98 Å². The van der Waals surface area contributed by atoms with Crippen molar-refractivity contribution in [3.63, 3.8) is 0 Å². The van der Waals surface area contributed by atoms with Gasteiger partial charge in [0.1, 0.15) is 0 Å². The number of nitrogens with zero attached hydrogens (tertiary/aromatic N) is 4. The van der Waals surface area contributed by atoms with Crippen LogP contribution in [-0.2, 0) is 5.41 Å². The predicted molar refractivity (Wildman–Crippen MR) is 83.0 cm³/mol. The van der Waals surface area contributed by atoms with Gasteiger partial charge in [0.15, 0.2) is 5.82 Å². The maximum atomic E-state index is 11.7. The first-order valence-corrected chi connectivity index (χ1v) is 7.90. The van der Waals surface area contributed by atoms with Gasteiger partial charge in [0.05, 0.1) is 16.7 Å². The van der Waals surface area contributed by atoms with Gasteiger partial charge >= 0.3 is 0 Å². The van der Waals surface area contributed by atoms with Crippen molar-refractivity contribution in [2.75, 3.05) is 18.0 Å². The molecule has 0 unspecified atom stereocenters. The van der Waals surface area contributed by atoms with E-state index in [-0.39, 0.29) is 5.41 Å². The summed E-state index contributed by atoms with van der Waals surface area (Å²) in [7, 11) is 0. The first-order valence-electron chi connectivity index (χ1n) is 7.90. The maximum absolute atomic E-state index is 11.7. The number of fused-ring (bicyclic) bond motifs is 1. The quantitative estimate of drug-likeness (QED) is 0.920. The molecule has 0 aromatic carbocycles. The topological polar surface area (TPSA) is 98.1 Å². The molecule has 0 spiro atoms. The van der Waals surface area contributed by atoms with Crippen molar-refractivity contribution in [1.82, 2.24) is 15.1 Å². The van der Waals surface area contributed by atoms with Gasteiger partial charge in [-0.25, -0.2) is 0 Å². The third-order valence-electron chi connectivity index (χ3n) is 5.23. The molecule has 23 heavy (non-hydrogen) atoms. The Kier molecular flexibility index (Phi) is 3.11. The van der Waals surface area contributed by atoms with Crippen LogP contribution in [0.3, 0.4) is 0 Å². The molecule has 2 atom stereocenters. The number of carbonyl (C=O) groups is 1. The monoisotopic (exact) mass is 313 g/mol. The summed E-state index contributed by atoms with van der Waals surface area (Å²) in [6.07, 6.45) is 6.56. The minimum atomic E-state index is -0.451. The number of anilines is 1. The average Bonchev–Trinajstić information content (AvgIpc) is 3.20. The third-order valence-corrected chi connectivity index (χ3v) is 5.23. The number of pyridine rings is 1. The Hall–Kier alpha value is -2.44. The van der Waals surface area contributed by atoms with Crippen LogP contribution >= 0.6 is 0 Å². The number of rotatable bonds is 3. The summed E-state index contributed by atoms with van der Waals surface area (Å²) in [5.74, 6) is 1.40. The standard InChI is InChI=1S/C16H19N5O2/c1-10-19-15(23-20-10)16-5-2-3-11(16)8-21(9-16)13-4-6-18-7-12(13)14(17)22/h4,6-7,11H,2-3,5,8-9H2,1H3,(H2,17,22)/t11-,16-/m0/s1. The van der Waals surface area contributed by atoms with E-state index >= 15 is 0 Å². The Morgan fingerprint density at radius 1 is 1.52 bits per heavy atom. The Morgan fingerprint density at radius 3 is 3.13 bits per heavy atom. The first kappa shape index (κ1) is 14.2. The lowest BCUT2D eigenvalue weighted by molar-refractivity contribution is 0.100. The number of aryl methyl sites for hydroxylation is 1. The van der Waals surface area contributed by atoms with Crippen molar-refractivity contribution >= 4 is 11.6 Å². The zero-order valence-electron chi connectivity index (χ0n) is 13.0. The van der Waals surface area contributed by atoms with Crippen LogP contribution < -0.4 is 10.6 Å². The van der Waals surface area contributed by atoms with Crippen LogP contribution in [0.5, 0.6) is 0 Å². The molecule has 1 saturated carbocycles. The smallest absolute Gasteiger partial charge is 0.252 e. The van der Waals surface area contributed by atoms with E-state index in [0.717, 1.165) is 37.5 Å². The van der Waals surface area contributed by atoms with Gasteiger partial charge in [-0.3, -0.25) is 9.78 Å². The highest BCUT2D eigenvalue weighted by atomic mass is 16.5. The molecule has 7 heteroatoms. The minimum Gasteiger partial charge on any atom is -0.369 e. The predicted octanol–water partition coefficient (Wildman–Crippen LogP) is 1.43. The number of amides is 1. The maximum Gasteiger partial charge on any atom is 0.252 e. The molecule has 1 aliphatic heterocycles. The summed E-state index contributed by atoms with van der Waals surface area (Å²) in [4.78, 5) is 22.4. The van der Waals surface area contributed by atoms with Crippen molar-refractivity contribution in [3.8, 4) is 0 Å². The van der Waals surface area contributed by atoms with Crippen LogP contribution in [0.1, 0.15) is 41.3 Å². The number of primary amides is 1. The number of hydrogen-bond acceptors (Lipinski definition) is 6. The lowest BCUT2D eigenvalue weighted by atomic mass is 9.80. The lowest BCUT2D eigenvalue weighted by Gasteiger charge is -2.25. The fourth-order valence-corrected chi connectivity index (χ4v) is 4.17. The Morgan fingerprint density at radius 2 is 2.39 bits per heavy atom. The Labute approximate surface area is 133 Å². The molecule has 2 aliphatic rings. The normalized spacial score (nSPS) is 26.5. The summed E-state index contributed by atoms with van der Waals surface area (Å²) >= 11 is 0. The van der Waals surface area contributed by atoms with Gasteiger partial charge in [-0.15, -0.1) is 0 Å². The highest BCUT2D eigenvalue weighted by molar-refractivity contribution is 5.98. The molecular formula is C16H19N5O2. The molecule has 3 heterocycles. The van der Waals surface area contributed by atoms with Crippen molar-refractivity contribution < 1.29 is 9.32 Å². The minimum absolute atomic E-state index is 0.112. The molecule has 1 saturated heterocycles. The second kappa shape index (κ2) is 5.04. The number of aromatic nitrogens is 3. The summed E-state index contributed by atoms with van der Waals surface area (Å²) in [6, 6.07) is 1.86. The largest absolute Gasteiger partial charge is 0.369 e. The summed E-state index contributed by atoms with van der Waals surface area (Å²) in [5.41, 5.74) is 6.69. The van der Waals surface area contributed by atoms with Gasteiger partial charge in [0.2, 0.25) is 5.89 Å². The molecule has 1 aliphatic carbocycles. The van der Waals surface area contributed by atoms with E-state index in [4.69, 9.17) is 10.3 Å². The molecule has 120 valence electrons. The van der Waals surface area contributed by atoms with Crippen LogP contribution in [-0.4, -0.2) is 34.1 Å². The molecule has 0 radical (unpaired) electrons. The molecular weight excluding hydrogens is 294 g/mol. The molecule has 7 nitrogen and oxygen atoms in total. The first-order chi connectivity index (χ1) is 11.1. The van der Waals surface area contributed by atoms with Crippen LogP contribution in [0, 0.1) is 12.8 Å². The lowest BCUT2D eigenvalue weighted by Crippen LogP contribution is -2.33. The molecule has 2 aromatic rings. The molecule has 2 fully saturated rings. The van der Waals surface area contributed by atoms with Gasteiger partial charge in [-0.1, -0.05) is 11.6 Å². The van der Waals surface area contributed by atoms with Gasteiger partial charge in [0, 0.05) is 25.5 Å². The fourth-order valence-electron chi connectivity index (χ4n) is 4.17. The highest BCUT2D eigenvalue weighted by Gasteiger charge is 2.54. The fraction of sp³-hybridized carbons (Fsp3) is 0.500. The van der Waals surface area contributed by atoms with E-state index < -0.39 is 5.91 Å². The number of nitrogens with two attached hydrogens (primary N) is 1. The molecule has 2 aromatic heterocycles. The van der Waals surface area contributed by atoms with Crippen molar-refractivity contribution in [1.29, 1.82) is 0 Å². The molecule has 4 rings (SSSR count). The van der Waals surface area contributed by atoms with Gasteiger partial charge < -0.3 is 15.2 Å². The van der Waals surface area contributed by atoms with E-state index in [2.05, 4.69) is 20.0 Å². The van der Waals surface area contributed by atoms with Gasteiger partial charge in [-0.05, 0) is 31.7 Å². The molecule has 2 N–H and O–H groups in total. The SMILES string of the molecule is Cc1noc([C@]23CCC[C@H]2CN(c2ccncc2C(N)=O)C3)n1. The van der Waals surface area contributed by atoms with Crippen molar-refractivity contribution in [2.24, 2.45) is 11.7 Å². The molecule has 1 amide bonds. The second-order valence-corrected chi connectivity index (χ2v) is 6.53. The number of hydrogen-bond donors (Lipinski definition) is 1. The van der Waals surface area contributed by atoms with Crippen molar-refractivity contribution in [2.45, 2.75) is 31.6 Å². The Bertz CT molecular complexity index is 758. The second-order valence-electron chi connectivity index (χ2n) is 6.53. The third kappa shape index (κ3) is 2.10. The number of carbonyl (C=O) groups excluding carboxylic acids is 1. The zero-order valence-corrected chi connectivity index (χ0v) is 13.0. The summed E-state index contributed by atoms with van der Waals surface area (Å²) in [5, 5.41) is 3.97. The van der Waals surface area contributed by atoms with Crippen molar-refractivity contribution in [3.05, 3.63) is 35.7 Å². The zero-order chi connectivity index (χ0) is 16.0. The van der Waals surface area contributed by atoms with E-state index in [9.17, 15) is 4.79 Å². The Balaban J connectivity index is 1.72. The van der Waals surface area contributed by atoms with Crippen LogP contribution in [0.2, 0.25) is 0 Å². The van der Waals surface area contributed by atoms with Crippen LogP contribution in [0.4, 0.5) is 5.69 Å². The van der Waals surface area contributed by atoms with E-state index in [0.29, 0.717) is 17.3 Å². The van der Waals surface area contributed by atoms with E-state index in [1.807, 2.05) is 13.0 Å². The summed E-state index contributed by atoms with van der Waals surface area (Å²) < 4.78 is 5.52.